The summed E-state index contributed by atoms with van der Waals surface area (Å²) in [6.45, 7) is 8.78. The Bertz CT molecular complexity index is 337. The van der Waals surface area contributed by atoms with Gasteiger partial charge in [-0.15, -0.1) is 0 Å². The molecule has 3 fully saturated rings. The molecular formula is C13H18O. The number of allylic oxidation sites excluding steroid dienone is 1. The highest BCUT2D eigenvalue weighted by atomic mass is 16.1. The first kappa shape index (κ1) is 8.70. The molecule has 0 radical (unpaired) electrons. The smallest absolute Gasteiger partial charge is 0.140 e. The second kappa shape index (κ2) is 2.15. The number of carbonyl (C=O) groups is 1. The molecule has 3 rings (SSSR count). The zero-order valence-electron chi connectivity index (χ0n) is 9.10. The van der Waals surface area contributed by atoms with Crippen molar-refractivity contribution >= 4 is 5.78 Å². The van der Waals surface area contributed by atoms with Crippen LogP contribution in [0.4, 0.5) is 0 Å². The number of hydrogen-bond acceptors (Lipinski definition) is 1. The van der Waals surface area contributed by atoms with Gasteiger partial charge in [0.1, 0.15) is 5.78 Å². The Morgan fingerprint density at radius 1 is 1.36 bits per heavy atom. The predicted molar refractivity (Wildman–Crippen MR) is 55.8 cm³/mol. The van der Waals surface area contributed by atoms with Crippen LogP contribution in [-0.4, -0.2) is 5.78 Å². The highest BCUT2D eigenvalue weighted by molar-refractivity contribution is 5.93. The summed E-state index contributed by atoms with van der Waals surface area (Å²) in [6.07, 6.45) is 4.28. The molecule has 76 valence electrons. The van der Waals surface area contributed by atoms with Gasteiger partial charge in [0.15, 0.2) is 0 Å². The fourth-order valence-corrected chi connectivity index (χ4v) is 4.36. The van der Waals surface area contributed by atoms with E-state index in [1.807, 2.05) is 0 Å². The third-order valence-corrected chi connectivity index (χ3v) is 4.83. The minimum Gasteiger partial charge on any atom is -0.299 e. The van der Waals surface area contributed by atoms with E-state index in [0.717, 1.165) is 19.3 Å². The Labute approximate surface area is 85.6 Å². The quantitative estimate of drug-likeness (QED) is 0.537. The molecular weight excluding hydrogens is 172 g/mol. The average molecular weight is 190 g/mol. The lowest BCUT2D eigenvalue weighted by molar-refractivity contribution is -0.145. The lowest BCUT2D eigenvalue weighted by Gasteiger charge is -2.44. The van der Waals surface area contributed by atoms with Crippen LogP contribution in [0.5, 0.6) is 0 Å². The van der Waals surface area contributed by atoms with E-state index >= 15 is 0 Å². The number of hydrogen-bond donors (Lipinski definition) is 0. The highest BCUT2D eigenvalue weighted by Gasteiger charge is 2.68. The molecule has 0 saturated heterocycles. The van der Waals surface area contributed by atoms with E-state index in [9.17, 15) is 4.79 Å². The maximum absolute atomic E-state index is 11.9. The molecule has 0 amide bonds. The number of carbonyl (C=O) groups excluding carboxylic acids is 1. The first-order valence-corrected chi connectivity index (χ1v) is 5.67. The standard InChI is InChI=1S/C13H18O/c1-8-4-9-5-11(14)13(9)7-12(2,3)6-10(8)13/h9-10H,1,4-7H2,2-3H3/t9-,10+,13+/m1/s1. The summed E-state index contributed by atoms with van der Waals surface area (Å²) in [7, 11) is 0. The van der Waals surface area contributed by atoms with Gasteiger partial charge in [0.25, 0.3) is 0 Å². The molecule has 0 unspecified atom stereocenters. The van der Waals surface area contributed by atoms with Crippen molar-refractivity contribution in [3.05, 3.63) is 12.2 Å². The number of rotatable bonds is 0. The molecule has 1 nitrogen and oxygen atoms in total. The molecule has 1 heteroatoms. The number of Topliss-reactive ketones (excluding diaryl/α,β-unsaturated/α-hetero) is 1. The first-order valence-electron chi connectivity index (χ1n) is 5.67. The van der Waals surface area contributed by atoms with E-state index in [-0.39, 0.29) is 5.41 Å². The molecule has 0 aromatic carbocycles. The Kier molecular flexibility index (Phi) is 1.34. The second-order valence-electron chi connectivity index (χ2n) is 6.32. The normalized spacial score (nSPS) is 48.7. The van der Waals surface area contributed by atoms with Crippen molar-refractivity contribution in [2.45, 2.75) is 39.5 Å². The van der Waals surface area contributed by atoms with Crippen LogP contribution >= 0.6 is 0 Å². The number of ketones is 1. The van der Waals surface area contributed by atoms with Crippen LogP contribution in [0.1, 0.15) is 39.5 Å². The molecule has 0 heterocycles. The lowest BCUT2D eigenvalue weighted by Crippen LogP contribution is -2.48. The summed E-state index contributed by atoms with van der Waals surface area (Å²) in [5, 5.41) is 0. The second-order valence-corrected chi connectivity index (χ2v) is 6.32. The molecule has 0 N–H and O–H groups in total. The molecule has 0 aliphatic heterocycles. The molecule has 3 aliphatic rings. The van der Waals surface area contributed by atoms with E-state index in [0.29, 0.717) is 23.0 Å². The fourth-order valence-electron chi connectivity index (χ4n) is 4.36. The van der Waals surface area contributed by atoms with Crippen molar-refractivity contribution in [3.8, 4) is 0 Å². The Hall–Kier alpha value is -0.590. The largest absolute Gasteiger partial charge is 0.299 e. The van der Waals surface area contributed by atoms with E-state index in [4.69, 9.17) is 0 Å². The van der Waals surface area contributed by atoms with Crippen LogP contribution in [0.15, 0.2) is 12.2 Å². The van der Waals surface area contributed by atoms with Crippen LogP contribution in [-0.2, 0) is 4.79 Å². The minimum absolute atomic E-state index is 0.0700. The van der Waals surface area contributed by atoms with Crippen molar-refractivity contribution in [2.24, 2.45) is 22.7 Å². The first-order chi connectivity index (χ1) is 6.46. The van der Waals surface area contributed by atoms with Crippen LogP contribution < -0.4 is 0 Å². The van der Waals surface area contributed by atoms with Gasteiger partial charge in [-0.2, -0.15) is 0 Å². The Morgan fingerprint density at radius 3 is 2.64 bits per heavy atom. The summed E-state index contributed by atoms with van der Waals surface area (Å²) in [6, 6.07) is 0. The summed E-state index contributed by atoms with van der Waals surface area (Å²) in [5.41, 5.74) is 1.80. The molecule has 1 spiro atoms. The molecule has 3 aliphatic carbocycles. The Balaban J connectivity index is 2.06. The minimum atomic E-state index is 0.0700. The monoisotopic (exact) mass is 190 g/mol. The summed E-state index contributed by atoms with van der Waals surface area (Å²) in [4.78, 5) is 11.9. The van der Waals surface area contributed by atoms with Crippen molar-refractivity contribution in [1.29, 1.82) is 0 Å². The van der Waals surface area contributed by atoms with Gasteiger partial charge in [-0.05, 0) is 36.5 Å². The maximum atomic E-state index is 11.9. The molecule has 0 aromatic heterocycles. The summed E-state index contributed by atoms with van der Waals surface area (Å²) >= 11 is 0. The third-order valence-electron chi connectivity index (χ3n) is 4.83. The maximum Gasteiger partial charge on any atom is 0.140 e. The van der Waals surface area contributed by atoms with Crippen molar-refractivity contribution in [2.75, 3.05) is 0 Å². The molecule has 0 aromatic rings. The van der Waals surface area contributed by atoms with E-state index in [1.54, 1.807) is 0 Å². The highest BCUT2D eigenvalue weighted by Crippen LogP contribution is 2.70. The third kappa shape index (κ3) is 0.757. The SMILES string of the molecule is C=C1C[C@@H]2CC(=O)[C@@]23CC(C)(C)C[C@@H]13. The van der Waals surface area contributed by atoms with Gasteiger partial charge in [-0.25, -0.2) is 0 Å². The van der Waals surface area contributed by atoms with Crippen molar-refractivity contribution in [3.63, 3.8) is 0 Å². The van der Waals surface area contributed by atoms with Gasteiger partial charge in [0, 0.05) is 11.8 Å². The average Bonchev–Trinajstić information content (AvgIpc) is 2.47. The predicted octanol–water partition coefficient (Wildman–Crippen LogP) is 2.96. The van der Waals surface area contributed by atoms with E-state index in [1.165, 1.54) is 12.0 Å². The summed E-state index contributed by atoms with van der Waals surface area (Å²) < 4.78 is 0. The van der Waals surface area contributed by atoms with Crippen LogP contribution in [0.3, 0.4) is 0 Å². The zero-order valence-corrected chi connectivity index (χ0v) is 9.10. The fraction of sp³-hybridized carbons (Fsp3) is 0.769. The van der Waals surface area contributed by atoms with Gasteiger partial charge in [0.2, 0.25) is 0 Å². The van der Waals surface area contributed by atoms with Gasteiger partial charge in [-0.3, -0.25) is 4.79 Å². The van der Waals surface area contributed by atoms with Gasteiger partial charge in [-0.1, -0.05) is 26.0 Å². The molecule has 3 atom stereocenters. The van der Waals surface area contributed by atoms with Gasteiger partial charge in [0.05, 0.1) is 0 Å². The van der Waals surface area contributed by atoms with E-state index in [2.05, 4.69) is 20.4 Å². The Morgan fingerprint density at radius 2 is 2.07 bits per heavy atom. The molecule has 0 bridgehead atoms. The molecule has 3 saturated carbocycles. The van der Waals surface area contributed by atoms with Gasteiger partial charge >= 0.3 is 0 Å². The summed E-state index contributed by atoms with van der Waals surface area (Å²) in [5.74, 6) is 1.73. The topological polar surface area (TPSA) is 17.1 Å². The zero-order chi connectivity index (χ0) is 10.1. The molecule has 14 heavy (non-hydrogen) atoms. The van der Waals surface area contributed by atoms with Gasteiger partial charge < -0.3 is 0 Å². The van der Waals surface area contributed by atoms with Crippen molar-refractivity contribution < 1.29 is 4.79 Å². The van der Waals surface area contributed by atoms with E-state index < -0.39 is 0 Å². The van der Waals surface area contributed by atoms with Crippen LogP contribution in [0.25, 0.3) is 0 Å². The van der Waals surface area contributed by atoms with Crippen LogP contribution in [0.2, 0.25) is 0 Å². The van der Waals surface area contributed by atoms with Crippen molar-refractivity contribution in [1.82, 2.24) is 0 Å². The van der Waals surface area contributed by atoms with Crippen LogP contribution in [0, 0.1) is 22.7 Å². The lowest BCUT2D eigenvalue weighted by atomic mass is 9.57.